The van der Waals surface area contributed by atoms with E-state index in [-0.39, 0.29) is 0 Å². The first-order chi connectivity index (χ1) is 3.80. The van der Waals surface area contributed by atoms with Crippen LogP contribution in [-0.4, -0.2) is 19.8 Å². The molecule has 0 radical (unpaired) electrons. The molecule has 1 N–H and O–H groups in total. The second-order valence-corrected chi connectivity index (χ2v) is 2.01. The molecule has 1 heterocycles. The fourth-order valence-electron chi connectivity index (χ4n) is 0.670. The zero-order valence-corrected chi connectivity index (χ0v) is 4.94. The molecule has 1 aliphatic rings. The Labute approximate surface area is 49.7 Å². The first kappa shape index (κ1) is 5.79. The lowest BCUT2D eigenvalue weighted by Crippen LogP contribution is -3.07. The molecule has 1 rings (SSSR count). The van der Waals surface area contributed by atoms with Crippen LogP contribution in [0.4, 0.5) is 0 Å². The van der Waals surface area contributed by atoms with Crippen molar-refractivity contribution in [3.8, 4) is 0 Å². The largest absolute Gasteiger partial charge is 0.435 e. The molecule has 0 aromatic carbocycles. The van der Waals surface area contributed by atoms with Crippen LogP contribution in [0.5, 0.6) is 0 Å². The van der Waals surface area contributed by atoms with Crippen LogP contribution in [0.25, 0.3) is 0 Å². The molecule has 1 atom stereocenters. The van der Waals surface area contributed by atoms with E-state index >= 15 is 0 Å². The second-order valence-electron chi connectivity index (χ2n) is 2.01. The van der Waals surface area contributed by atoms with E-state index in [1.807, 2.05) is 0 Å². The molecule has 0 aliphatic carbocycles. The lowest BCUT2D eigenvalue weighted by molar-refractivity contribution is -0.821. The molecule has 2 nitrogen and oxygen atoms in total. The minimum absolute atomic E-state index is 0.679. The molecule has 0 spiro atoms. The third-order valence-electron chi connectivity index (χ3n) is 1.32. The summed E-state index contributed by atoms with van der Waals surface area (Å²) in [7, 11) is 3.82. The lowest BCUT2D eigenvalue weighted by atomic mass is 10.4. The van der Waals surface area contributed by atoms with Gasteiger partial charge in [0.2, 0.25) is 0 Å². The van der Waals surface area contributed by atoms with Gasteiger partial charge in [-0.25, -0.2) is 0 Å². The first-order valence-electron chi connectivity index (χ1n) is 2.74. The molecule has 46 valence electrons. The van der Waals surface area contributed by atoms with Crippen molar-refractivity contribution in [3.05, 3.63) is 19.3 Å². The van der Waals surface area contributed by atoms with Crippen molar-refractivity contribution in [2.75, 3.05) is 19.8 Å². The summed E-state index contributed by atoms with van der Waals surface area (Å²) >= 11 is 0. The number of nitrogens with one attached hydrogen (secondary N) is 1. The molecule has 2 heteroatoms. The summed E-state index contributed by atoms with van der Waals surface area (Å²) in [4.78, 5) is 1.15. The first-order valence-corrected chi connectivity index (χ1v) is 2.74. The molecule has 8 heavy (non-hydrogen) atoms. The predicted molar refractivity (Wildman–Crippen MR) is 31.1 cm³/mol. The normalized spacial score (nSPS) is 30.6. The summed E-state index contributed by atoms with van der Waals surface area (Å²) < 4.78 is 5.09. The highest BCUT2D eigenvalue weighted by atomic mass is 16.5. The van der Waals surface area contributed by atoms with Gasteiger partial charge < -0.3 is 9.64 Å². The predicted octanol–water partition coefficient (Wildman–Crippen LogP) is -0.793. The Morgan fingerprint density at radius 2 is 2.50 bits per heavy atom. The average Bonchev–Trinajstić information content (AvgIpc) is 1.77. The van der Waals surface area contributed by atoms with Gasteiger partial charge in [-0.3, -0.25) is 0 Å². The fourth-order valence-corrected chi connectivity index (χ4v) is 0.670. The number of morpholine rings is 1. The summed E-state index contributed by atoms with van der Waals surface area (Å²) in [5.41, 5.74) is 1.05. The molecule has 0 amide bonds. The van der Waals surface area contributed by atoms with Crippen molar-refractivity contribution < 1.29 is 9.64 Å². The number of ether oxygens (including phenoxy) is 1. The van der Waals surface area contributed by atoms with Crippen LogP contribution in [0.2, 0.25) is 0 Å². The quantitative estimate of drug-likeness (QED) is 0.406. The number of hydrogen-bond acceptors (Lipinski definition) is 1. The van der Waals surface area contributed by atoms with E-state index < -0.39 is 0 Å². The van der Waals surface area contributed by atoms with Gasteiger partial charge in [-0.05, 0) is 6.58 Å². The van der Waals surface area contributed by atoms with Crippen molar-refractivity contribution in [2.45, 2.75) is 0 Å². The van der Waals surface area contributed by atoms with E-state index in [0.29, 0.717) is 6.61 Å². The molecule has 0 aromatic rings. The van der Waals surface area contributed by atoms with Crippen LogP contribution in [0.15, 0.2) is 12.3 Å². The van der Waals surface area contributed by atoms with Gasteiger partial charge in [-0.15, -0.1) is 7.05 Å². The Kier molecular flexibility index (Phi) is 1.65. The van der Waals surface area contributed by atoms with Crippen LogP contribution in [-0.2, 0) is 4.74 Å². The van der Waals surface area contributed by atoms with Crippen molar-refractivity contribution >= 4 is 0 Å². The van der Waals surface area contributed by atoms with Gasteiger partial charge in [0.15, 0.2) is 0 Å². The number of quaternary nitrogens is 1. The summed E-state index contributed by atoms with van der Waals surface area (Å²) in [6, 6.07) is 0. The minimum atomic E-state index is 0.679. The van der Waals surface area contributed by atoms with Gasteiger partial charge in [-0.1, -0.05) is 0 Å². The van der Waals surface area contributed by atoms with Gasteiger partial charge in [-0.2, -0.15) is 0 Å². The van der Waals surface area contributed by atoms with Gasteiger partial charge in [0.1, 0.15) is 6.61 Å². The Morgan fingerprint density at radius 1 is 1.75 bits per heavy atom. The molecule has 0 bridgehead atoms. The van der Waals surface area contributed by atoms with E-state index in [0.717, 1.165) is 23.7 Å². The maximum absolute atomic E-state index is 5.09. The van der Waals surface area contributed by atoms with Crippen molar-refractivity contribution in [1.29, 1.82) is 0 Å². The van der Waals surface area contributed by atoms with E-state index in [9.17, 15) is 0 Å². The van der Waals surface area contributed by atoms with E-state index in [1.165, 1.54) is 0 Å². The number of rotatable bonds is 0. The Morgan fingerprint density at radius 3 is 2.88 bits per heavy atom. The van der Waals surface area contributed by atoms with Crippen molar-refractivity contribution in [3.63, 3.8) is 0 Å². The standard InChI is InChI=1S/C6H11NO/c1-6-5-8-4-3-7(6)2/h7H,1-5H2. The van der Waals surface area contributed by atoms with Gasteiger partial charge in [0.05, 0.1) is 18.8 Å². The van der Waals surface area contributed by atoms with Crippen LogP contribution in [0.1, 0.15) is 0 Å². The van der Waals surface area contributed by atoms with Crippen LogP contribution >= 0.6 is 0 Å². The second kappa shape index (κ2) is 2.29. The number of hydrogen-bond donors (Lipinski definition) is 1. The molecule has 1 saturated heterocycles. The smallest absolute Gasteiger partial charge is 0.118 e. The molecule has 1 fully saturated rings. The van der Waals surface area contributed by atoms with E-state index in [1.54, 1.807) is 0 Å². The molecule has 0 saturated carbocycles. The summed E-state index contributed by atoms with van der Waals surface area (Å²) in [6.45, 7) is 6.22. The molecular weight excluding hydrogens is 102 g/mol. The molecule has 0 aromatic heterocycles. The maximum Gasteiger partial charge on any atom is 0.118 e. The summed E-state index contributed by atoms with van der Waals surface area (Å²) in [6.07, 6.45) is 0. The third kappa shape index (κ3) is 1.08. The van der Waals surface area contributed by atoms with E-state index in [2.05, 4.69) is 13.6 Å². The summed E-state index contributed by atoms with van der Waals surface area (Å²) in [5, 5.41) is 0. The fraction of sp³-hybridized carbons (Fsp3) is 0.500. The van der Waals surface area contributed by atoms with Crippen molar-refractivity contribution in [2.24, 2.45) is 0 Å². The Balaban J connectivity index is 2.39. The SMILES string of the molecule is C=C1COCC[NH+]1[CH2-]. The maximum atomic E-state index is 5.09. The molecular formula is C6H11NO. The minimum Gasteiger partial charge on any atom is -0.435 e. The topological polar surface area (TPSA) is 13.7 Å². The third-order valence-corrected chi connectivity index (χ3v) is 1.32. The highest BCUT2D eigenvalue weighted by Gasteiger charge is 2.07. The Bertz CT molecular complexity index is 101. The van der Waals surface area contributed by atoms with E-state index in [4.69, 9.17) is 4.74 Å². The van der Waals surface area contributed by atoms with Gasteiger partial charge in [0, 0.05) is 0 Å². The van der Waals surface area contributed by atoms with Gasteiger partial charge in [0.25, 0.3) is 0 Å². The monoisotopic (exact) mass is 113 g/mol. The van der Waals surface area contributed by atoms with Crippen LogP contribution < -0.4 is 4.90 Å². The van der Waals surface area contributed by atoms with Gasteiger partial charge >= 0.3 is 0 Å². The van der Waals surface area contributed by atoms with Crippen LogP contribution in [0, 0.1) is 7.05 Å². The Hall–Kier alpha value is -0.340. The van der Waals surface area contributed by atoms with Crippen molar-refractivity contribution in [1.82, 2.24) is 0 Å². The highest BCUT2D eigenvalue weighted by molar-refractivity contribution is 4.81. The zero-order chi connectivity index (χ0) is 5.98. The molecule has 1 aliphatic heterocycles. The highest BCUT2D eigenvalue weighted by Crippen LogP contribution is 1.84. The lowest BCUT2D eigenvalue weighted by Gasteiger charge is -2.26. The van der Waals surface area contributed by atoms with Crippen LogP contribution in [0.3, 0.4) is 0 Å². The summed E-state index contributed by atoms with van der Waals surface area (Å²) in [5.74, 6) is 0. The zero-order valence-electron chi connectivity index (χ0n) is 4.94. The average molecular weight is 113 g/mol. The molecule has 1 unspecified atom stereocenters.